The van der Waals surface area contributed by atoms with Gasteiger partial charge in [-0.3, -0.25) is 14.7 Å². The molecule has 2 aromatic heterocycles. The summed E-state index contributed by atoms with van der Waals surface area (Å²) in [5.74, 6) is 0.491. The Hall–Kier alpha value is -2.68. The molecule has 2 atom stereocenters. The lowest BCUT2D eigenvalue weighted by Gasteiger charge is -2.16. The van der Waals surface area contributed by atoms with Crippen molar-refractivity contribution in [1.29, 1.82) is 0 Å². The molecule has 152 valence electrons. The highest BCUT2D eigenvalue weighted by Gasteiger charge is 2.42. The first-order chi connectivity index (χ1) is 13.4. The summed E-state index contributed by atoms with van der Waals surface area (Å²) in [6.45, 7) is 7.78. The monoisotopic (exact) mass is 388 g/mol. The van der Waals surface area contributed by atoms with Crippen molar-refractivity contribution < 1.29 is 14.3 Å². The maximum absolute atomic E-state index is 13.2. The van der Waals surface area contributed by atoms with Gasteiger partial charge < -0.3 is 19.5 Å². The zero-order chi connectivity index (χ0) is 20.4. The summed E-state index contributed by atoms with van der Waals surface area (Å²) in [5.41, 5.74) is 2.59. The molecule has 3 heterocycles. The van der Waals surface area contributed by atoms with Gasteiger partial charge in [-0.15, -0.1) is 0 Å². The highest BCUT2D eigenvalue weighted by atomic mass is 16.5. The molecule has 2 unspecified atom stereocenters. The first-order valence-corrected chi connectivity index (χ1v) is 9.42. The van der Waals surface area contributed by atoms with E-state index in [9.17, 15) is 9.59 Å². The molecule has 0 saturated carbocycles. The molecule has 0 bridgehead atoms. The van der Waals surface area contributed by atoms with Gasteiger partial charge in [0, 0.05) is 45.2 Å². The van der Waals surface area contributed by atoms with E-state index in [0.717, 1.165) is 11.4 Å². The fraction of sp³-hybridized carbons (Fsp3) is 0.579. The Bertz CT molecular complexity index is 871. The van der Waals surface area contributed by atoms with Crippen LogP contribution >= 0.6 is 0 Å². The Kier molecular flexibility index (Phi) is 5.83. The van der Waals surface area contributed by atoms with Crippen LogP contribution in [0.25, 0.3) is 0 Å². The number of aryl methyl sites for hydroxylation is 2. The zero-order valence-electron chi connectivity index (χ0n) is 17.1. The van der Waals surface area contributed by atoms with Gasteiger partial charge in [-0.2, -0.15) is 5.10 Å². The average Bonchev–Trinajstić information content (AvgIpc) is 3.37. The molecule has 3 rings (SSSR count). The highest BCUT2D eigenvalue weighted by Crippen LogP contribution is 2.32. The van der Waals surface area contributed by atoms with Gasteiger partial charge in [0.25, 0.3) is 5.91 Å². The summed E-state index contributed by atoms with van der Waals surface area (Å²) >= 11 is 0. The fourth-order valence-electron chi connectivity index (χ4n) is 3.92. The Balaban J connectivity index is 1.85. The molecule has 2 N–H and O–H groups in total. The van der Waals surface area contributed by atoms with Crippen molar-refractivity contribution >= 4 is 11.8 Å². The van der Waals surface area contributed by atoms with Gasteiger partial charge in [0.15, 0.2) is 5.82 Å². The molecule has 1 fully saturated rings. The molecule has 9 nitrogen and oxygen atoms in total. The van der Waals surface area contributed by atoms with Crippen LogP contribution in [0.3, 0.4) is 0 Å². The van der Waals surface area contributed by atoms with Gasteiger partial charge in [0.2, 0.25) is 5.91 Å². The molecular formula is C19H28N6O3. The second-order valence-corrected chi connectivity index (χ2v) is 7.25. The Morgan fingerprint density at radius 3 is 2.68 bits per heavy atom. The normalized spacial score (nSPS) is 19.2. The number of carbonyl (C=O) groups excluding carboxylic acids is 2. The molecule has 28 heavy (non-hydrogen) atoms. The maximum atomic E-state index is 13.2. The van der Waals surface area contributed by atoms with E-state index in [1.165, 1.54) is 0 Å². The summed E-state index contributed by atoms with van der Waals surface area (Å²) < 4.78 is 7.25. The molecule has 2 aromatic rings. The molecule has 1 saturated heterocycles. The van der Waals surface area contributed by atoms with E-state index in [2.05, 4.69) is 25.1 Å². The van der Waals surface area contributed by atoms with E-state index in [0.29, 0.717) is 43.5 Å². The average molecular weight is 388 g/mol. The van der Waals surface area contributed by atoms with E-state index in [1.54, 1.807) is 19.1 Å². The number of nitrogens with zero attached hydrogens (tertiary/aromatic N) is 4. The van der Waals surface area contributed by atoms with Crippen molar-refractivity contribution in [2.75, 3.05) is 33.9 Å². The van der Waals surface area contributed by atoms with Crippen molar-refractivity contribution in [1.82, 2.24) is 30.0 Å². The summed E-state index contributed by atoms with van der Waals surface area (Å²) in [5, 5.41) is 9.76. The third kappa shape index (κ3) is 3.66. The standard InChI is InChI=1S/C19H28N6O3/c1-11-8-14(12(2)25(11)6-7-28-5)19(27)24-9-15(16(10-24)18(26)20-4)17-21-13(3)22-23-17/h8,15-16H,6-7,9-10H2,1-5H3,(H,20,26)(H,21,22,23). The van der Waals surface area contributed by atoms with Crippen LogP contribution in [0.5, 0.6) is 0 Å². The second-order valence-electron chi connectivity index (χ2n) is 7.25. The summed E-state index contributed by atoms with van der Waals surface area (Å²) in [4.78, 5) is 31.8. The predicted octanol–water partition coefficient (Wildman–Crippen LogP) is 0.780. The minimum absolute atomic E-state index is 0.0690. The quantitative estimate of drug-likeness (QED) is 0.761. The number of aromatic nitrogens is 4. The lowest BCUT2D eigenvalue weighted by molar-refractivity contribution is -0.124. The number of nitrogens with one attached hydrogen (secondary N) is 2. The zero-order valence-corrected chi connectivity index (χ0v) is 17.1. The van der Waals surface area contributed by atoms with Crippen LogP contribution in [-0.2, 0) is 16.1 Å². The van der Waals surface area contributed by atoms with Gasteiger partial charge in [0.05, 0.1) is 24.0 Å². The molecule has 1 aliphatic heterocycles. The number of H-pyrrole nitrogens is 1. The topological polar surface area (TPSA) is 105 Å². The Morgan fingerprint density at radius 1 is 1.32 bits per heavy atom. The molecule has 0 aromatic carbocycles. The highest BCUT2D eigenvalue weighted by molar-refractivity contribution is 5.96. The van der Waals surface area contributed by atoms with Crippen molar-refractivity contribution in [2.45, 2.75) is 33.2 Å². The number of hydrogen-bond acceptors (Lipinski definition) is 5. The van der Waals surface area contributed by atoms with Crippen LogP contribution < -0.4 is 5.32 Å². The van der Waals surface area contributed by atoms with Crippen LogP contribution in [0, 0.1) is 26.7 Å². The van der Waals surface area contributed by atoms with Crippen molar-refractivity contribution in [3.05, 3.63) is 34.7 Å². The molecule has 2 amide bonds. The first-order valence-electron chi connectivity index (χ1n) is 9.42. The Morgan fingerprint density at radius 2 is 2.07 bits per heavy atom. The molecule has 1 aliphatic rings. The van der Waals surface area contributed by atoms with Gasteiger partial charge in [-0.1, -0.05) is 0 Å². The van der Waals surface area contributed by atoms with E-state index >= 15 is 0 Å². The lowest BCUT2D eigenvalue weighted by Crippen LogP contribution is -2.34. The van der Waals surface area contributed by atoms with E-state index in [-0.39, 0.29) is 23.7 Å². The number of carbonyl (C=O) groups is 2. The van der Waals surface area contributed by atoms with Crippen LogP contribution in [-0.4, -0.2) is 70.3 Å². The summed E-state index contributed by atoms with van der Waals surface area (Å²) in [7, 11) is 3.27. The number of ether oxygens (including phenoxy) is 1. The molecular weight excluding hydrogens is 360 g/mol. The van der Waals surface area contributed by atoms with Crippen molar-refractivity contribution in [3.63, 3.8) is 0 Å². The van der Waals surface area contributed by atoms with Gasteiger partial charge >= 0.3 is 0 Å². The molecule has 0 spiro atoms. The molecule has 0 aliphatic carbocycles. The van der Waals surface area contributed by atoms with Crippen molar-refractivity contribution in [3.8, 4) is 0 Å². The number of rotatable bonds is 6. The number of amides is 2. The van der Waals surface area contributed by atoms with Gasteiger partial charge in [-0.05, 0) is 26.8 Å². The second kappa shape index (κ2) is 8.14. The summed E-state index contributed by atoms with van der Waals surface area (Å²) in [6, 6.07) is 1.91. The van der Waals surface area contributed by atoms with E-state index < -0.39 is 0 Å². The predicted molar refractivity (Wildman–Crippen MR) is 103 cm³/mol. The summed E-state index contributed by atoms with van der Waals surface area (Å²) in [6.07, 6.45) is 0. The number of methoxy groups -OCH3 is 1. The smallest absolute Gasteiger partial charge is 0.255 e. The fourth-order valence-corrected chi connectivity index (χ4v) is 3.92. The van der Waals surface area contributed by atoms with E-state index in [1.807, 2.05) is 26.8 Å². The minimum Gasteiger partial charge on any atom is -0.383 e. The van der Waals surface area contributed by atoms with Crippen LogP contribution in [0.2, 0.25) is 0 Å². The van der Waals surface area contributed by atoms with Crippen LogP contribution in [0.1, 0.15) is 39.3 Å². The van der Waals surface area contributed by atoms with Crippen LogP contribution in [0.15, 0.2) is 6.07 Å². The molecule has 9 heteroatoms. The van der Waals surface area contributed by atoms with Gasteiger partial charge in [0.1, 0.15) is 5.82 Å². The number of aromatic amines is 1. The van der Waals surface area contributed by atoms with Gasteiger partial charge in [-0.25, -0.2) is 4.98 Å². The lowest BCUT2D eigenvalue weighted by atomic mass is 9.94. The Labute approximate surface area is 164 Å². The number of likely N-dealkylation sites (tertiary alicyclic amines) is 1. The third-order valence-electron chi connectivity index (χ3n) is 5.46. The molecule has 0 radical (unpaired) electrons. The van der Waals surface area contributed by atoms with Crippen LogP contribution in [0.4, 0.5) is 0 Å². The largest absolute Gasteiger partial charge is 0.383 e. The minimum atomic E-state index is -0.374. The van der Waals surface area contributed by atoms with Crippen molar-refractivity contribution in [2.24, 2.45) is 5.92 Å². The maximum Gasteiger partial charge on any atom is 0.255 e. The number of hydrogen-bond donors (Lipinski definition) is 2. The first kappa shape index (κ1) is 20.1. The van der Waals surface area contributed by atoms with E-state index in [4.69, 9.17) is 4.74 Å². The SMILES string of the molecule is CNC(=O)C1CN(C(=O)c2cc(C)n(CCOC)c2C)CC1c1n[nH]c(C)n1. The third-order valence-corrected chi connectivity index (χ3v) is 5.46.